The van der Waals surface area contributed by atoms with E-state index in [-0.39, 0.29) is 16.6 Å². The summed E-state index contributed by atoms with van der Waals surface area (Å²) in [6, 6.07) is 0. The number of nitrogens with zero attached hydrogens (tertiary/aromatic N) is 5. The lowest BCUT2D eigenvalue weighted by molar-refractivity contribution is -0.156. The standard InChI is InChI=1S/C12H15N5O7S3/c1-4(18)7-9(19)16-8(11(20)21)6(26-10(7)16)3-25-12-13-14-15-17(12)5(2)27(22,23)24/h4-5,7,10,18H,3H2,1-2H3,(H,20,21)(H,22,23,24)/t4?,5?,7-,10+/m0/s1. The molecule has 0 aromatic carbocycles. The van der Waals surface area contributed by atoms with Crippen molar-refractivity contribution >= 4 is 45.5 Å². The summed E-state index contributed by atoms with van der Waals surface area (Å²) in [6.07, 6.45) is -0.906. The van der Waals surface area contributed by atoms with Crippen molar-refractivity contribution < 1.29 is 32.8 Å². The maximum atomic E-state index is 12.1. The maximum Gasteiger partial charge on any atom is 0.353 e. The molecule has 3 heterocycles. The van der Waals surface area contributed by atoms with E-state index in [1.165, 1.54) is 13.8 Å². The molecule has 3 N–H and O–H groups in total. The van der Waals surface area contributed by atoms with Gasteiger partial charge < -0.3 is 10.2 Å². The molecule has 2 aliphatic rings. The van der Waals surface area contributed by atoms with E-state index < -0.39 is 44.8 Å². The molecule has 0 radical (unpaired) electrons. The van der Waals surface area contributed by atoms with Crippen molar-refractivity contribution in [3.05, 3.63) is 10.6 Å². The van der Waals surface area contributed by atoms with Crippen LogP contribution < -0.4 is 0 Å². The Labute approximate surface area is 161 Å². The van der Waals surface area contributed by atoms with Gasteiger partial charge in [0.1, 0.15) is 11.1 Å². The van der Waals surface area contributed by atoms with E-state index in [1.54, 1.807) is 0 Å². The zero-order chi connectivity index (χ0) is 20.1. The van der Waals surface area contributed by atoms with Gasteiger partial charge in [0, 0.05) is 10.7 Å². The predicted octanol–water partition coefficient (Wildman–Crippen LogP) is -0.620. The number of aromatic nitrogens is 4. The normalized spacial score (nSPS) is 24.6. The molecule has 148 valence electrons. The average molecular weight is 437 g/mol. The van der Waals surface area contributed by atoms with Crippen molar-refractivity contribution in [2.75, 3.05) is 5.75 Å². The highest BCUT2D eigenvalue weighted by Crippen LogP contribution is 2.51. The minimum Gasteiger partial charge on any atom is -0.477 e. The van der Waals surface area contributed by atoms with Crippen LogP contribution in [0.25, 0.3) is 0 Å². The molecule has 1 aromatic heterocycles. The number of amides is 1. The third-order valence-electron chi connectivity index (χ3n) is 4.15. The number of aliphatic carboxylic acids is 1. The molecule has 0 bridgehead atoms. The Morgan fingerprint density at radius 2 is 2.07 bits per heavy atom. The molecule has 1 fully saturated rings. The number of carbonyl (C=O) groups is 2. The summed E-state index contributed by atoms with van der Waals surface area (Å²) in [5.41, 5.74) is -0.166. The van der Waals surface area contributed by atoms with Gasteiger partial charge in [0.2, 0.25) is 11.1 Å². The first-order valence-electron chi connectivity index (χ1n) is 7.55. The zero-order valence-electron chi connectivity index (χ0n) is 14.0. The molecular weight excluding hydrogens is 422 g/mol. The molecule has 2 unspecified atom stereocenters. The van der Waals surface area contributed by atoms with Crippen molar-refractivity contribution in [1.82, 2.24) is 25.1 Å². The van der Waals surface area contributed by atoms with E-state index in [0.29, 0.717) is 4.91 Å². The van der Waals surface area contributed by atoms with Crippen LogP contribution in [0, 0.1) is 5.92 Å². The fourth-order valence-corrected chi connectivity index (χ4v) is 5.84. The van der Waals surface area contributed by atoms with Crippen molar-refractivity contribution in [3.63, 3.8) is 0 Å². The number of carboxylic acids is 1. The van der Waals surface area contributed by atoms with E-state index in [2.05, 4.69) is 15.5 Å². The number of hydrogen-bond donors (Lipinski definition) is 3. The molecule has 3 rings (SSSR count). The van der Waals surface area contributed by atoms with E-state index in [1.807, 2.05) is 0 Å². The highest BCUT2D eigenvalue weighted by Gasteiger charge is 2.57. The van der Waals surface area contributed by atoms with Gasteiger partial charge in [0.25, 0.3) is 10.1 Å². The smallest absolute Gasteiger partial charge is 0.353 e. The summed E-state index contributed by atoms with van der Waals surface area (Å²) >= 11 is 2.12. The van der Waals surface area contributed by atoms with Gasteiger partial charge >= 0.3 is 5.97 Å². The lowest BCUT2D eigenvalue weighted by Crippen LogP contribution is -2.60. The van der Waals surface area contributed by atoms with Crippen LogP contribution in [0.5, 0.6) is 0 Å². The molecule has 2 aliphatic heterocycles. The number of thioether (sulfide) groups is 2. The molecule has 1 amide bonds. The minimum atomic E-state index is -4.43. The van der Waals surface area contributed by atoms with Crippen LogP contribution in [0.4, 0.5) is 0 Å². The van der Waals surface area contributed by atoms with Gasteiger partial charge in [-0.3, -0.25) is 14.2 Å². The molecule has 27 heavy (non-hydrogen) atoms. The lowest BCUT2D eigenvalue weighted by Gasteiger charge is -2.43. The number of rotatable bonds is 7. The molecule has 15 heteroatoms. The summed E-state index contributed by atoms with van der Waals surface area (Å²) in [5, 5.41) is 27.9. The van der Waals surface area contributed by atoms with Gasteiger partial charge in [-0.25, -0.2) is 4.79 Å². The Hall–Kier alpha value is -1.68. The lowest BCUT2D eigenvalue weighted by atomic mass is 9.92. The maximum absolute atomic E-state index is 12.1. The van der Waals surface area contributed by atoms with Gasteiger partial charge in [-0.2, -0.15) is 13.1 Å². The number of β-lactam (4-membered cyclic amide) rings is 1. The zero-order valence-corrected chi connectivity index (χ0v) is 16.4. The van der Waals surface area contributed by atoms with Gasteiger partial charge in [0.05, 0.1) is 12.0 Å². The number of aliphatic hydroxyl groups is 1. The quantitative estimate of drug-likeness (QED) is 0.280. The van der Waals surface area contributed by atoms with Crippen LogP contribution >= 0.6 is 23.5 Å². The molecule has 1 saturated heterocycles. The molecule has 12 nitrogen and oxygen atoms in total. The highest BCUT2D eigenvalue weighted by atomic mass is 32.2. The minimum absolute atomic E-state index is 0.0608. The molecule has 4 atom stereocenters. The highest BCUT2D eigenvalue weighted by molar-refractivity contribution is 8.06. The van der Waals surface area contributed by atoms with Crippen molar-refractivity contribution in [3.8, 4) is 0 Å². The Balaban J connectivity index is 1.80. The van der Waals surface area contributed by atoms with Crippen molar-refractivity contribution in [2.24, 2.45) is 5.92 Å². The second kappa shape index (κ2) is 7.05. The third-order valence-corrected chi connectivity index (χ3v) is 7.72. The van der Waals surface area contributed by atoms with Crippen LogP contribution in [0.15, 0.2) is 15.8 Å². The summed E-state index contributed by atoms with van der Waals surface area (Å²) < 4.78 is 32.6. The van der Waals surface area contributed by atoms with Crippen molar-refractivity contribution in [1.29, 1.82) is 0 Å². The molecule has 0 aliphatic carbocycles. The molecule has 1 aromatic rings. The summed E-state index contributed by atoms with van der Waals surface area (Å²) in [6.45, 7) is 2.67. The summed E-state index contributed by atoms with van der Waals surface area (Å²) in [7, 11) is -4.43. The summed E-state index contributed by atoms with van der Waals surface area (Å²) in [4.78, 5) is 25.3. The second-order valence-corrected chi connectivity index (χ2v) is 9.74. The monoisotopic (exact) mass is 437 g/mol. The Bertz CT molecular complexity index is 928. The van der Waals surface area contributed by atoms with Crippen LogP contribution in [-0.4, -0.2) is 77.4 Å². The van der Waals surface area contributed by atoms with Gasteiger partial charge in [-0.15, -0.1) is 16.9 Å². The molecule has 0 saturated carbocycles. The Morgan fingerprint density at radius 1 is 1.41 bits per heavy atom. The van der Waals surface area contributed by atoms with Gasteiger partial charge in [0.15, 0.2) is 5.37 Å². The fraction of sp³-hybridized carbons (Fsp3) is 0.583. The number of aliphatic hydroxyl groups excluding tert-OH is 1. The molecular formula is C12H15N5O7S3. The van der Waals surface area contributed by atoms with Gasteiger partial charge in [-0.1, -0.05) is 11.8 Å². The number of fused-ring (bicyclic) bond motifs is 1. The number of tetrazole rings is 1. The summed E-state index contributed by atoms with van der Waals surface area (Å²) in [5.74, 6) is -2.34. The van der Waals surface area contributed by atoms with Crippen molar-refractivity contribution in [2.45, 2.75) is 35.9 Å². The first kappa shape index (κ1) is 20.1. The first-order chi connectivity index (χ1) is 12.5. The van der Waals surface area contributed by atoms with Crippen LogP contribution in [0.2, 0.25) is 0 Å². The third kappa shape index (κ3) is 3.44. The number of carbonyl (C=O) groups excluding carboxylic acids is 1. The largest absolute Gasteiger partial charge is 0.477 e. The van der Waals surface area contributed by atoms with Crippen LogP contribution in [-0.2, 0) is 19.7 Å². The van der Waals surface area contributed by atoms with E-state index in [9.17, 15) is 28.2 Å². The fourth-order valence-electron chi connectivity index (χ4n) is 2.72. The SMILES string of the molecule is CC(O)[C@H]1C(=O)N2C(C(=O)O)=C(CSc3nnnn3C(C)S(=O)(=O)O)S[C@H]12. The van der Waals surface area contributed by atoms with Crippen LogP contribution in [0.1, 0.15) is 19.2 Å². The number of hydrogen-bond acceptors (Lipinski definition) is 10. The number of carboxylic acid groups (broad SMARTS) is 1. The van der Waals surface area contributed by atoms with E-state index in [4.69, 9.17) is 4.55 Å². The predicted molar refractivity (Wildman–Crippen MR) is 92.9 cm³/mol. The van der Waals surface area contributed by atoms with Gasteiger partial charge in [-0.05, 0) is 24.3 Å². The Kier molecular flexibility index (Phi) is 5.24. The van der Waals surface area contributed by atoms with Crippen LogP contribution in [0.3, 0.4) is 0 Å². The topological polar surface area (TPSA) is 176 Å². The average Bonchev–Trinajstić information content (AvgIpc) is 3.13. The van der Waals surface area contributed by atoms with E-state index in [0.717, 1.165) is 33.1 Å². The Morgan fingerprint density at radius 3 is 2.63 bits per heavy atom. The van der Waals surface area contributed by atoms with E-state index >= 15 is 0 Å². The second-order valence-electron chi connectivity index (χ2n) is 5.87. The first-order valence-corrected chi connectivity index (χ1v) is 10.9. The molecule has 0 spiro atoms.